The van der Waals surface area contributed by atoms with E-state index in [0.717, 1.165) is 122 Å². The summed E-state index contributed by atoms with van der Waals surface area (Å²) in [5, 5.41) is 0. The van der Waals surface area contributed by atoms with Crippen LogP contribution >= 0.6 is 0 Å². The fourth-order valence-corrected chi connectivity index (χ4v) is 10.3. The SMILES string of the molecule is CC/C=C\C/C=C\C/C=C\C/C=C\C/C=C\C/C=C\C/C=C\C/C=C\CCCCCCCCC(=O)OCC(COC(=O)CCCCCCCCCCCCC)OC(=O)CCCCCCCCCCCCCCCCCCCCCCCCC. The lowest BCUT2D eigenvalue weighted by Gasteiger charge is -2.18. The second-order valence-electron chi connectivity index (χ2n) is 23.8. The molecule has 6 nitrogen and oxygen atoms in total. The molecule has 0 rings (SSSR count). The molecule has 0 fully saturated rings. The molecule has 0 amide bonds. The van der Waals surface area contributed by atoms with Crippen LogP contribution in [0.3, 0.4) is 0 Å². The molecule has 0 saturated carbocycles. The van der Waals surface area contributed by atoms with Crippen LogP contribution in [-0.2, 0) is 28.6 Å². The zero-order chi connectivity index (χ0) is 59.9. The van der Waals surface area contributed by atoms with E-state index in [9.17, 15) is 14.4 Å². The van der Waals surface area contributed by atoms with Crippen LogP contribution in [0.2, 0.25) is 0 Å². The highest BCUT2D eigenvalue weighted by Crippen LogP contribution is 2.18. The van der Waals surface area contributed by atoms with Crippen LogP contribution in [-0.4, -0.2) is 37.2 Å². The number of carbonyl (C=O) groups excluding carboxylic acids is 3. The lowest BCUT2D eigenvalue weighted by Crippen LogP contribution is -2.30. The number of esters is 3. The number of allylic oxidation sites excluding steroid dienone is 16. The van der Waals surface area contributed by atoms with Crippen molar-refractivity contribution >= 4 is 17.9 Å². The van der Waals surface area contributed by atoms with Crippen molar-refractivity contribution in [2.45, 2.75) is 361 Å². The van der Waals surface area contributed by atoms with E-state index in [2.05, 4.69) is 118 Å². The molecule has 83 heavy (non-hydrogen) atoms. The molecule has 1 atom stereocenters. The van der Waals surface area contributed by atoms with Crippen molar-refractivity contribution in [2.75, 3.05) is 13.2 Å². The van der Waals surface area contributed by atoms with Gasteiger partial charge in [-0.1, -0.05) is 349 Å². The Morgan fingerprint density at radius 2 is 0.470 bits per heavy atom. The highest BCUT2D eigenvalue weighted by atomic mass is 16.6. The highest BCUT2D eigenvalue weighted by molar-refractivity contribution is 5.71. The van der Waals surface area contributed by atoms with Crippen molar-refractivity contribution in [3.8, 4) is 0 Å². The highest BCUT2D eigenvalue weighted by Gasteiger charge is 2.19. The molecule has 0 heterocycles. The van der Waals surface area contributed by atoms with Gasteiger partial charge >= 0.3 is 17.9 Å². The maximum absolute atomic E-state index is 12.9. The van der Waals surface area contributed by atoms with Crippen molar-refractivity contribution in [1.29, 1.82) is 0 Å². The summed E-state index contributed by atoms with van der Waals surface area (Å²) in [5.74, 6) is -0.875. The summed E-state index contributed by atoms with van der Waals surface area (Å²) in [4.78, 5) is 38.4. The Kier molecular flexibility index (Phi) is 67.7. The summed E-state index contributed by atoms with van der Waals surface area (Å²) in [6.45, 7) is 6.56. The van der Waals surface area contributed by atoms with Gasteiger partial charge < -0.3 is 14.2 Å². The molecule has 0 aliphatic carbocycles. The largest absolute Gasteiger partial charge is 0.462 e. The quantitative estimate of drug-likeness (QED) is 0.0261. The monoisotopic (exact) mass is 1160 g/mol. The van der Waals surface area contributed by atoms with Gasteiger partial charge in [-0.05, 0) is 83.5 Å². The molecule has 478 valence electrons. The Morgan fingerprint density at radius 1 is 0.253 bits per heavy atom. The van der Waals surface area contributed by atoms with Crippen molar-refractivity contribution < 1.29 is 28.6 Å². The van der Waals surface area contributed by atoms with Gasteiger partial charge in [-0.15, -0.1) is 0 Å². The molecule has 0 aliphatic rings. The number of hydrogen-bond acceptors (Lipinski definition) is 6. The first-order valence-electron chi connectivity index (χ1n) is 35.7. The first-order chi connectivity index (χ1) is 41.0. The van der Waals surface area contributed by atoms with Gasteiger partial charge in [-0.3, -0.25) is 14.4 Å². The van der Waals surface area contributed by atoms with E-state index >= 15 is 0 Å². The fourth-order valence-electron chi connectivity index (χ4n) is 10.3. The second-order valence-corrected chi connectivity index (χ2v) is 23.8. The van der Waals surface area contributed by atoms with Crippen LogP contribution in [0.1, 0.15) is 355 Å². The molecule has 0 aromatic rings. The zero-order valence-electron chi connectivity index (χ0n) is 54.9. The second kappa shape index (κ2) is 70.8. The lowest BCUT2D eigenvalue weighted by atomic mass is 10.0. The molecular weight excluding hydrogens is 1020 g/mol. The minimum absolute atomic E-state index is 0.0771. The van der Waals surface area contributed by atoms with Gasteiger partial charge in [0.15, 0.2) is 6.10 Å². The van der Waals surface area contributed by atoms with Gasteiger partial charge in [-0.25, -0.2) is 0 Å². The third-order valence-corrected chi connectivity index (χ3v) is 15.6. The van der Waals surface area contributed by atoms with Gasteiger partial charge in [0.25, 0.3) is 0 Å². The first kappa shape index (κ1) is 79.3. The van der Waals surface area contributed by atoms with Gasteiger partial charge in [0.05, 0.1) is 0 Å². The standard InChI is InChI=1S/C77H134O6/c1-4-7-10-13-16-19-22-24-26-28-30-32-34-35-36-37-38-39-40-41-43-44-46-48-50-52-55-58-61-64-67-70-76(79)82-73-74(72-81-75(78)69-66-63-60-57-54-21-18-15-12-9-6-3)83-77(80)71-68-65-62-59-56-53-51-49-47-45-42-33-31-29-27-25-23-20-17-14-11-8-5-2/h7,10,16,19,24,26,30,32,35-36,38-39,41,43,46,48,74H,4-6,8-9,11-15,17-18,20-23,25,27-29,31,33-34,37,40,42,44-45,47,49-73H2,1-3H3/b10-7-,19-16-,26-24-,32-30-,36-35-,39-38-,43-41-,48-46-. The molecule has 1 unspecified atom stereocenters. The number of unbranched alkanes of at least 4 members (excludes halogenated alkanes) is 38. The summed E-state index contributed by atoms with van der Waals surface area (Å²) >= 11 is 0. The molecule has 0 radical (unpaired) electrons. The minimum atomic E-state index is -0.782. The van der Waals surface area contributed by atoms with Crippen LogP contribution < -0.4 is 0 Å². The molecule has 0 aromatic carbocycles. The van der Waals surface area contributed by atoms with E-state index in [1.807, 2.05) is 0 Å². The zero-order valence-corrected chi connectivity index (χ0v) is 54.9. The average molecular weight is 1160 g/mol. The third-order valence-electron chi connectivity index (χ3n) is 15.6. The number of ether oxygens (including phenoxy) is 3. The predicted molar refractivity (Wildman–Crippen MR) is 362 cm³/mol. The van der Waals surface area contributed by atoms with Gasteiger partial charge in [0.2, 0.25) is 0 Å². The average Bonchev–Trinajstić information content (AvgIpc) is 3.48. The number of carbonyl (C=O) groups is 3. The molecular formula is C77H134O6. The van der Waals surface area contributed by atoms with E-state index in [0.29, 0.717) is 19.3 Å². The summed E-state index contributed by atoms with van der Waals surface area (Å²) < 4.78 is 17.0. The van der Waals surface area contributed by atoms with E-state index in [1.165, 1.54) is 193 Å². The molecule has 0 saturated heterocycles. The Morgan fingerprint density at radius 3 is 0.735 bits per heavy atom. The molecule has 0 aromatic heterocycles. The lowest BCUT2D eigenvalue weighted by molar-refractivity contribution is -0.167. The van der Waals surface area contributed by atoms with E-state index < -0.39 is 6.10 Å². The molecule has 0 spiro atoms. The topological polar surface area (TPSA) is 78.9 Å². The fraction of sp³-hybridized carbons (Fsp3) is 0.753. The molecule has 0 aliphatic heterocycles. The van der Waals surface area contributed by atoms with Gasteiger partial charge in [-0.2, -0.15) is 0 Å². The Balaban J connectivity index is 4.26. The predicted octanol–water partition coefficient (Wildman–Crippen LogP) is 24.8. The number of rotatable bonds is 65. The minimum Gasteiger partial charge on any atom is -0.462 e. The Bertz CT molecular complexity index is 1610. The molecule has 6 heteroatoms. The normalized spacial score (nSPS) is 12.7. The van der Waals surface area contributed by atoms with Crippen LogP contribution in [0.4, 0.5) is 0 Å². The maximum Gasteiger partial charge on any atom is 0.306 e. The van der Waals surface area contributed by atoms with E-state index in [-0.39, 0.29) is 31.1 Å². The Labute approximate surface area is 515 Å². The van der Waals surface area contributed by atoms with Crippen molar-refractivity contribution in [2.24, 2.45) is 0 Å². The molecule has 0 bridgehead atoms. The van der Waals surface area contributed by atoms with Gasteiger partial charge in [0.1, 0.15) is 13.2 Å². The third kappa shape index (κ3) is 69.0. The van der Waals surface area contributed by atoms with Crippen LogP contribution in [0, 0.1) is 0 Å². The summed E-state index contributed by atoms with van der Waals surface area (Å²) in [6, 6.07) is 0. The van der Waals surface area contributed by atoms with E-state index in [1.54, 1.807) is 0 Å². The van der Waals surface area contributed by atoms with Crippen LogP contribution in [0.15, 0.2) is 97.2 Å². The van der Waals surface area contributed by atoms with Crippen LogP contribution in [0.5, 0.6) is 0 Å². The number of hydrogen-bond donors (Lipinski definition) is 0. The summed E-state index contributed by atoms with van der Waals surface area (Å²) in [7, 11) is 0. The smallest absolute Gasteiger partial charge is 0.306 e. The van der Waals surface area contributed by atoms with Gasteiger partial charge in [0, 0.05) is 19.3 Å². The van der Waals surface area contributed by atoms with E-state index in [4.69, 9.17) is 14.2 Å². The maximum atomic E-state index is 12.9. The summed E-state index contributed by atoms with van der Waals surface area (Å²) in [6.07, 6.45) is 95.8. The van der Waals surface area contributed by atoms with Crippen molar-refractivity contribution in [3.05, 3.63) is 97.2 Å². The van der Waals surface area contributed by atoms with Crippen LogP contribution in [0.25, 0.3) is 0 Å². The van der Waals surface area contributed by atoms with Crippen molar-refractivity contribution in [1.82, 2.24) is 0 Å². The Hall–Kier alpha value is -3.67. The van der Waals surface area contributed by atoms with Crippen molar-refractivity contribution in [3.63, 3.8) is 0 Å². The molecule has 0 N–H and O–H groups in total. The first-order valence-corrected chi connectivity index (χ1v) is 35.7. The summed E-state index contributed by atoms with van der Waals surface area (Å²) in [5.41, 5.74) is 0.